The molecule has 2 rings (SSSR count). The standard InChI is InChI=1S/C13H15BrN4O3/c1-7-6-18(13(15)17-7)16-5-8-4-9(14)11(20-2)12(21-3)10(8)19/h4-6,19H,1-3H3,(H2,15,17). The lowest BCUT2D eigenvalue weighted by Crippen LogP contribution is -1.98. The van der Waals surface area contributed by atoms with Crippen LogP contribution in [0.3, 0.4) is 0 Å². The topological polar surface area (TPSA) is 94.9 Å². The Balaban J connectivity index is 2.45. The van der Waals surface area contributed by atoms with Crippen molar-refractivity contribution in [1.82, 2.24) is 9.66 Å². The summed E-state index contributed by atoms with van der Waals surface area (Å²) in [7, 11) is 2.94. The summed E-state index contributed by atoms with van der Waals surface area (Å²) in [6, 6.07) is 1.67. The van der Waals surface area contributed by atoms with Crippen LogP contribution < -0.4 is 15.2 Å². The monoisotopic (exact) mass is 354 g/mol. The van der Waals surface area contributed by atoms with Gasteiger partial charge in [-0.1, -0.05) is 0 Å². The summed E-state index contributed by atoms with van der Waals surface area (Å²) >= 11 is 3.36. The minimum Gasteiger partial charge on any atom is -0.504 e. The molecule has 0 saturated carbocycles. The summed E-state index contributed by atoms with van der Waals surface area (Å²) in [5.74, 6) is 0.827. The Bertz CT molecular complexity index is 697. The second kappa shape index (κ2) is 6.04. The highest BCUT2D eigenvalue weighted by Crippen LogP contribution is 2.43. The fraction of sp³-hybridized carbons (Fsp3) is 0.231. The van der Waals surface area contributed by atoms with E-state index < -0.39 is 0 Å². The maximum Gasteiger partial charge on any atom is 0.221 e. The lowest BCUT2D eigenvalue weighted by Gasteiger charge is -2.12. The minimum atomic E-state index is -0.0725. The Morgan fingerprint density at radius 3 is 2.57 bits per heavy atom. The molecule has 2 aromatic rings. The van der Waals surface area contributed by atoms with Crippen LogP contribution in [-0.4, -0.2) is 35.2 Å². The second-order valence-corrected chi connectivity index (χ2v) is 5.05. The number of benzene rings is 1. The number of halogens is 1. The van der Waals surface area contributed by atoms with Gasteiger partial charge < -0.3 is 20.3 Å². The second-order valence-electron chi connectivity index (χ2n) is 4.19. The van der Waals surface area contributed by atoms with Crippen molar-refractivity contribution in [2.24, 2.45) is 5.10 Å². The smallest absolute Gasteiger partial charge is 0.221 e. The van der Waals surface area contributed by atoms with Gasteiger partial charge in [0, 0.05) is 5.56 Å². The molecule has 0 bridgehead atoms. The van der Waals surface area contributed by atoms with E-state index in [1.54, 1.807) is 12.3 Å². The van der Waals surface area contributed by atoms with Crippen molar-refractivity contribution in [2.75, 3.05) is 20.0 Å². The molecule has 1 aromatic heterocycles. The molecule has 8 heteroatoms. The highest BCUT2D eigenvalue weighted by molar-refractivity contribution is 9.10. The van der Waals surface area contributed by atoms with Gasteiger partial charge in [-0.05, 0) is 28.9 Å². The molecule has 3 N–H and O–H groups in total. The van der Waals surface area contributed by atoms with Crippen LogP contribution >= 0.6 is 15.9 Å². The molecular weight excluding hydrogens is 340 g/mol. The molecule has 0 saturated heterocycles. The lowest BCUT2D eigenvalue weighted by atomic mass is 10.2. The van der Waals surface area contributed by atoms with Crippen LogP contribution in [0.25, 0.3) is 0 Å². The number of nitrogens with zero attached hydrogens (tertiary/aromatic N) is 3. The molecule has 0 radical (unpaired) electrons. The van der Waals surface area contributed by atoms with Crippen LogP contribution in [0.15, 0.2) is 21.8 Å². The summed E-state index contributed by atoms with van der Waals surface area (Å²) in [6.07, 6.45) is 3.14. The van der Waals surface area contributed by atoms with E-state index in [1.165, 1.54) is 25.1 Å². The zero-order valence-electron chi connectivity index (χ0n) is 11.8. The van der Waals surface area contributed by atoms with Crippen molar-refractivity contribution in [3.05, 3.63) is 28.0 Å². The number of hydrogen-bond acceptors (Lipinski definition) is 6. The number of imidazole rings is 1. The zero-order chi connectivity index (χ0) is 15.6. The fourth-order valence-corrected chi connectivity index (χ4v) is 2.40. The molecule has 0 aliphatic carbocycles. The lowest BCUT2D eigenvalue weighted by molar-refractivity contribution is 0.331. The van der Waals surface area contributed by atoms with Crippen LogP contribution in [0.2, 0.25) is 0 Å². The van der Waals surface area contributed by atoms with E-state index in [1.807, 2.05) is 6.92 Å². The average Bonchev–Trinajstić information content (AvgIpc) is 2.77. The van der Waals surface area contributed by atoms with E-state index in [0.29, 0.717) is 15.8 Å². The SMILES string of the molecule is COc1c(Br)cc(C=Nn2cc(C)nc2N)c(O)c1OC. The van der Waals surface area contributed by atoms with Crippen molar-refractivity contribution < 1.29 is 14.6 Å². The fourth-order valence-electron chi connectivity index (χ4n) is 1.82. The molecule has 0 atom stereocenters. The minimum absolute atomic E-state index is 0.0725. The maximum atomic E-state index is 10.2. The van der Waals surface area contributed by atoms with Gasteiger partial charge in [-0.2, -0.15) is 5.10 Å². The van der Waals surface area contributed by atoms with Crippen molar-refractivity contribution in [3.63, 3.8) is 0 Å². The number of aryl methyl sites for hydroxylation is 1. The summed E-state index contributed by atoms with van der Waals surface area (Å²) < 4.78 is 12.4. The maximum absolute atomic E-state index is 10.2. The van der Waals surface area contributed by atoms with E-state index in [2.05, 4.69) is 26.0 Å². The number of methoxy groups -OCH3 is 2. The molecule has 21 heavy (non-hydrogen) atoms. The van der Waals surface area contributed by atoms with E-state index >= 15 is 0 Å². The van der Waals surface area contributed by atoms with E-state index in [0.717, 1.165) is 5.69 Å². The molecule has 0 amide bonds. The molecule has 1 heterocycles. The molecule has 7 nitrogen and oxygen atoms in total. The third kappa shape index (κ3) is 2.94. The number of hydrogen-bond donors (Lipinski definition) is 2. The van der Waals surface area contributed by atoms with Crippen LogP contribution in [0.5, 0.6) is 17.2 Å². The first kappa shape index (κ1) is 15.2. The molecule has 1 aromatic carbocycles. The van der Waals surface area contributed by atoms with Gasteiger partial charge in [0.05, 0.1) is 36.8 Å². The van der Waals surface area contributed by atoms with Gasteiger partial charge in [-0.25, -0.2) is 9.66 Å². The van der Waals surface area contributed by atoms with Crippen molar-refractivity contribution >= 4 is 28.1 Å². The van der Waals surface area contributed by atoms with Gasteiger partial charge in [0.1, 0.15) is 0 Å². The van der Waals surface area contributed by atoms with Crippen molar-refractivity contribution in [2.45, 2.75) is 6.92 Å². The molecule has 0 fully saturated rings. The number of nitrogens with two attached hydrogens (primary N) is 1. The molecule has 0 aliphatic heterocycles. The molecule has 0 unspecified atom stereocenters. The number of aromatic nitrogens is 2. The third-order valence-corrected chi connectivity index (χ3v) is 3.35. The average molecular weight is 355 g/mol. The van der Waals surface area contributed by atoms with Crippen LogP contribution in [-0.2, 0) is 0 Å². The third-order valence-electron chi connectivity index (χ3n) is 2.76. The Morgan fingerprint density at radius 1 is 1.38 bits per heavy atom. The molecule has 0 spiro atoms. The summed E-state index contributed by atoms with van der Waals surface area (Å²) in [6.45, 7) is 1.81. The first-order chi connectivity index (χ1) is 9.97. The van der Waals surface area contributed by atoms with Crippen LogP contribution in [0.1, 0.15) is 11.3 Å². The molecular formula is C13H15BrN4O3. The van der Waals surface area contributed by atoms with Gasteiger partial charge in [0.2, 0.25) is 11.7 Å². The molecule has 112 valence electrons. The van der Waals surface area contributed by atoms with Crippen molar-refractivity contribution in [1.29, 1.82) is 0 Å². The quantitative estimate of drug-likeness (QED) is 0.820. The van der Waals surface area contributed by atoms with Crippen LogP contribution in [0.4, 0.5) is 5.95 Å². The Kier molecular flexibility index (Phi) is 4.37. The predicted molar refractivity (Wildman–Crippen MR) is 83.3 cm³/mol. The van der Waals surface area contributed by atoms with Gasteiger partial charge in [-0.15, -0.1) is 0 Å². The van der Waals surface area contributed by atoms with E-state index in [9.17, 15) is 5.11 Å². The van der Waals surface area contributed by atoms with E-state index in [-0.39, 0.29) is 17.4 Å². The first-order valence-corrected chi connectivity index (χ1v) is 6.76. The normalized spacial score (nSPS) is 11.0. The summed E-state index contributed by atoms with van der Waals surface area (Å²) in [4.78, 5) is 4.03. The summed E-state index contributed by atoms with van der Waals surface area (Å²) in [5, 5.41) is 14.4. The van der Waals surface area contributed by atoms with E-state index in [4.69, 9.17) is 15.2 Å². The number of ether oxygens (including phenoxy) is 2. The number of aromatic hydroxyl groups is 1. The van der Waals surface area contributed by atoms with Gasteiger partial charge in [0.25, 0.3) is 0 Å². The van der Waals surface area contributed by atoms with Crippen LogP contribution in [0, 0.1) is 6.92 Å². The molecule has 0 aliphatic rings. The number of phenols is 1. The Labute approximate surface area is 130 Å². The number of phenolic OH excluding ortho intramolecular Hbond substituents is 1. The largest absolute Gasteiger partial charge is 0.504 e. The van der Waals surface area contributed by atoms with Gasteiger partial charge in [0.15, 0.2) is 11.5 Å². The van der Waals surface area contributed by atoms with Gasteiger partial charge >= 0.3 is 0 Å². The first-order valence-electron chi connectivity index (χ1n) is 5.97. The van der Waals surface area contributed by atoms with Gasteiger partial charge in [-0.3, -0.25) is 0 Å². The Morgan fingerprint density at radius 2 is 2.05 bits per heavy atom. The highest BCUT2D eigenvalue weighted by atomic mass is 79.9. The summed E-state index contributed by atoms with van der Waals surface area (Å²) in [5.41, 5.74) is 6.90. The number of nitrogen functional groups attached to an aromatic ring is 1. The number of anilines is 1. The number of rotatable bonds is 4. The zero-order valence-corrected chi connectivity index (χ0v) is 13.4. The highest BCUT2D eigenvalue weighted by Gasteiger charge is 2.17. The predicted octanol–water partition coefficient (Wildman–Crippen LogP) is 2.14. The Hall–Kier alpha value is -2.22. The van der Waals surface area contributed by atoms with Crippen molar-refractivity contribution in [3.8, 4) is 17.2 Å².